The number of sulfone groups is 1. The highest BCUT2D eigenvalue weighted by Crippen LogP contribution is 2.59. The summed E-state index contributed by atoms with van der Waals surface area (Å²) in [7, 11) is -3.51. The molecule has 0 N–H and O–H groups in total. The van der Waals surface area contributed by atoms with Crippen LogP contribution in [0.2, 0.25) is 0 Å². The molecule has 124 valence electrons. The molecule has 2 bridgehead atoms. The number of rotatable bonds is 2. The van der Waals surface area contributed by atoms with Crippen LogP contribution in [0.1, 0.15) is 25.8 Å². The van der Waals surface area contributed by atoms with Crippen molar-refractivity contribution in [3.05, 3.63) is 39.2 Å². The van der Waals surface area contributed by atoms with Gasteiger partial charge in [-0.1, -0.05) is 33.6 Å². The van der Waals surface area contributed by atoms with Gasteiger partial charge in [0.15, 0.2) is 5.79 Å². The molecule has 4 nitrogen and oxygen atoms in total. The van der Waals surface area contributed by atoms with E-state index in [0.29, 0.717) is 9.80 Å². The summed E-state index contributed by atoms with van der Waals surface area (Å²) in [5.41, 5.74) is 1.04. The van der Waals surface area contributed by atoms with Gasteiger partial charge in [0, 0.05) is 16.3 Å². The molecule has 2 fully saturated rings. The largest absolute Gasteiger partial charge is 0.344 e. The second-order valence-corrected chi connectivity index (χ2v) is 9.81. The predicted molar refractivity (Wildman–Crippen MR) is 89.7 cm³/mol. The van der Waals surface area contributed by atoms with Crippen molar-refractivity contribution in [2.45, 2.75) is 50.1 Å². The molecule has 0 amide bonds. The molecule has 1 aliphatic heterocycles. The van der Waals surface area contributed by atoms with Crippen LogP contribution >= 0.6 is 15.9 Å². The van der Waals surface area contributed by atoms with E-state index in [4.69, 9.17) is 9.47 Å². The first-order chi connectivity index (χ1) is 10.7. The first-order valence-electron chi connectivity index (χ1n) is 7.78. The topological polar surface area (TPSA) is 52.6 Å². The minimum Gasteiger partial charge on any atom is -0.344 e. The number of hydrogen-bond acceptors (Lipinski definition) is 4. The van der Waals surface area contributed by atoms with E-state index < -0.39 is 15.6 Å². The molecule has 1 aromatic rings. The zero-order valence-corrected chi connectivity index (χ0v) is 15.6. The van der Waals surface area contributed by atoms with E-state index in [2.05, 4.69) is 15.9 Å². The molecular formula is C17H19BrO4S. The van der Waals surface area contributed by atoms with Crippen molar-refractivity contribution in [2.24, 2.45) is 11.8 Å². The molecule has 1 aromatic carbocycles. The normalized spacial score (nSPS) is 35.0. The third-order valence-corrected chi connectivity index (χ3v) is 8.26. The van der Waals surface area contributed by atoms with E-state index in [9.17, 15) is 8.42 Å². The average Bonchev–Trinajstić information content (AvgIpc) is 3.05. The van der Waals surface area contributed by atoms with Gasteiger partial charge in [0.1, 0.15) is 0 Å². The van der Waals surface area contributed by atoms with Gasteiger partial charge in [-0.05, 0) is 39.3 Å². The number of aryl methyl sites for hydroxylation is 1. The van der Waals surface area contributed by atoms with E-state index in [1.807, 2.05) is 32.9 Å². The second kappa shape index (κ2) is 4.91. The molecule has 2 aliphatic carbocycles. The lowest BCUT2D eigenvalue weighted by Crippen LogP contribution is -2.32. The quantitative estimate of drug-likeness (QED) is 0.764. The van der Waals surface area contributed by atoms with Crippen LogP contribution in [0.25, 0.3) is 0 Å². The first-order valence-corrected chi connectivity index (χ1v) is 10.1. The Morgan fingerprint density at radius 1 is 1.09 bits per heavy atom. The molecule has 4 rings (SSSR count). The summed E-state index contributed by atoms with van der Waals surface area (Å²) in [6, 6.07) is 7.01. The van der Waals surface area contributed by atoms with E-state index in [1.165, 1.54) is 0 Å². The van der Waals surface area contributed by atoms with E-state index in [0.717, 1.165) is 16.5 Å². The molecule has 3 aliphatic rings. The van der Waals surface area contributed by atoms with Crippen molar-refractivity contribution in [3.8, 4) is 0 Å². The standard InChI is InChI=1S/C17H19BrO4S/c1-9-4-6-10(7-5-9)23(19,20)16-12-8-11(13(16)18)14-15(12)22-17(2,3)21-14/h4-7,11-12,14-15H,8H2,1-3H3/t11-,12-,14-,15+/m0/s1. The Hall–Kier alpha value is -0.690. The number of hydrogen-bond donors (Lipinski definition) is 0. The van der Waals surface area contributed by atoms with Crippen LogP contribution in [0.4, 0.5) is 0 Å². The fourth-order valence-electron chi connectivity index (χ4n) is 4.02. The van der Waals surface area contributed by atoms with Gasteiger partial charge in [-0.15, -0.1) is 0 Å². The first kappa shape index (κ1) is 15.8. The summed E-state index contributed by atoms with van der Waals surface area (Å²) in [6.07, 6.45) is 0.541. The van der Waals surface area contributed by atoms with Gasteiger partial charge in [-0.25, -0.2) is 8.42 Å². The molecule has 4 atom stereocenters. The summed E-state index contributed by atoms with van der Waals surface area (Å²) in [6.45, 7) is 5.71. The highest BCUT2D eigenvalue weighted by Gasteiger charge is 2.61. The van der Waals surface area contributed by atoms with Gasteiger partial charge < -0.3 is 9.47 Å². The van der Waals surface area contributed by atoms with E-state index >= 15 is 0 Å². The lowest BCUT2D eigenvalue weighted by Gasteiger charge is -2.25. The molecular weight excluding hydrogens is 380 g/mol. The lowest BCUT2D eigenvalue weighted by molar-refractivity contribution is -0.156. The van der Waals surface area contributed by atoms with Gasteiger partial charge in [0.25, 0.3) is 0 Å². The van der Waals surface area contributed by atoms with Crippen LogP contribution in [-0.2, 0) is 19.3 Å². The minimum atomic E-state index is -3.51. The van der Waals surface area contributed by atoms with Crippen molar-refractivity contribution >= 4 is 25.8 Å². The Balaban J connectivity index is 1.76. The summed E-state index contributed by atoms with van der Waals surface area (Å²) >= 11 is 3.55. The maximum atomic E-state index is 13.1. The minimum absolute atomic E-state index is 0.0543. The highest BCUT2D eigenvalue weighted by molar-refractivity contribution is 9.11. The monoisotopic (exact) mass is 398 g/mol. The Morgan fingerprint density at radius 2 is 1.65 bits per heavy atom. The Bertz CT molecular complexity index is 794. The molecule has 1 heterocycles. The van der Waals surface area contributed by atoms with E-state index in [-0.39, 0.29) is 24.0 Å². The number of benzene rings is 1. The van der Waals surface area contributed by atoms with Gasteiger partial charge in [-0.3, -0.25) is 0 Å². The molecule has 0 aromatic heterocycles. The molecule has 0 unspecified atom stereocenters. The summed E-state index contributed by atoms with van der Waals surface area (Å²) in [5, 5.41) is 0. The van der Waals surface area contributed by atoms with Crippen molar-refractivity contribution in [1.29, 1.82) is 0 Å². The van der Waals surface area contributed by atoms with Crippen molar-refractivity contribution in [2.75, 3.05) is 0 Å². The zero-order valence-electron chi connectivity index (χ0n) is 13.2. The highest BCUT2D eigenvalue weighted by atomic mass is 79.9. The molecule has 23 heavy (non-hydrogen) atoms. The molecule has 6 heteroatoms. The van der Waals surface area contributed by atoms with Gasteiger partial charge in [0.2, 0.25) is 9.84 Å². The molecule has 1 saturated heterocycles. The van der Waals surface area contributed by atoms with Gasteiger partial charge >= 0.3 is 0 Å². The Morgan fingerprint density at radius 3 is 2.26 bits per heavy atom. The maximum absolute atomic E-state index is 13.1. The van der Waals surface area contributed by atoms with Crippen molar-refractivity contribution in [1.82, 2.24) is 0 Å². The van der Waals surface area contributed by atoms with E-state index in [1.54, 1.807) is 12.1 Å². The Kier molecular flexibility index (Phi) is 3.38. The summed E-state index contributed by atoms with van der Waals surface area (Å²) < 4.78 is 39.0. The number of halogens is 1. The zero-order chi connectivity index (χ0) is 16.6. The second-order valence-electron chi connectivity index (χ2n) is 7.04. The van der Waals surface area contributed by atoms with Crippen LogP contribution in [0.3, 0.4) is 0 Å². The lowest BCUT2D eigenvalue weighted by atomic mass is 10.0. The van der Waals surface area contributed by atoms with Crippen LogP contribution in [0.5, 0.6) is 0 Å². The smallest absolute Gasteiger partial charge is 0.203 e. The van der Waals surface area contributed by atoms with Crippen molar-refractivity contribution < 1.29 is 17.9 Å². The molecule has 0 radical (unpaired) electrons. The molecule has 1 saturated carbocycles. The predicted octanol–water partition coefficient (Wildman–Crippen LogP) is 3.55. The fraction of sp³-hybridized carbons (Fsp3) is 0.529. The van der Waals surface area contributed by atoms with Crippen LogP contribution in [0, 0.1) is 18.8 Å². The number of ether oxygens (including phenoxy) is 2. The SMILES string of the molecule is Cc1ccc(S(=O)(=O)C2=C(Br)[C@@H]3C[C@H]2[C@H]2OC(C)(C)O[C@H]23)cc1. The Labute approximate surface area is 144 Å². The third-order valence-electron chi connectivity index (χ3n) is 4.98. The summed E-state index contributed by atoms with van der Waals surface area (Å²) in [4.78, 5) is 0.825. The van der Waals surface area contributed by atoms with Gasteiger partial charge in [0.05, 0.1) is 22.0 Å². The van der Waals surface area contributed by atoms with Crippen LogP contribution in [0.15, 0.2) is 38.5 Å². The molecule has 0 spiro atoms. The van der Waals surface area contributed by atoms with Crippen molar-refractivity contribution in [3.63, 3.8) is 0 Å². The maximum Gasteiger partial charge on any atom is 0.203 e. The third kappa shape index (κ3) is 2.26. The van der Waals surface area contributed by atoms with Crippen LogP contribution in [-0.4, -0.2) is 26.4 Å². The summed E-state index contributed by atoms with van der Waals surface area (Å²) in [5.74, 6) is -0.711. The fourth-order valence-corrected chi connectivity index (χ4v) is 7.18. The number of fused-ring (bicyclic) bond motifs is 5. The van der Waals surface area contributed by atoms with Gasteiger partial charge in [-0.2, -0.15) is 0 Å². The van der Waals surface area contributed by atoms with Crippen LogP contribution < -0.4 is 0 Å². The average molecular weight is 399 g/mol.